The second-order valence-electron chi connectivity index (χ2n) is 5.90. The van der Waals surface area contributed by atoms with E-state index in [0.717, 1.165) is 11.4 Å². The quantitative estimate of drug-likeness (QED) is 0.578. The number of benzene rings is 1. The molecule has 1 aromatic carbocycles. The van der Waals surface area contributed by atoms with Crippen molar-refractivity contribution in [3.05, 3.63) is 54.1 Å². The summed E-state index contributed by atoms with van der Waals surface area (Å²) in [6, 6.07) is 9.37. The monoisotopic (exact) mass is 335 g/mol. The maximum absolute atomic E-state index is 12.3. The summed E-state index contributed by atoms with van der Waals surface area (Å²) in [6.45, 7) is 0. The summed E-state index contributed by atoms with van der Waals surface area (Å²) in [6.07, 6.45) is 4.47. The third-order valence-corrected chi connectivity index (χ3v) is 4.26. The van der Waals surface area contributed by atoms with Gasteiger partial charge < -0.3 is 19.8 Å². The molecule has 1 aliphatic rings. The largest absolute Gasteiger partial charge is 1.00 e. The Morgan fingerprint density at radius 1 is 1.33 bits per heavy atom. The van der Waals surface area contributed by atoms with Crippen molar-refractivity contribution in [2.45, 2.75) is 18.9 Å². The van der Waals surface area contributed by atoms with E-state index in [4.69, 9.17) is 0 Å². The molecule has 0 spiro atoms. The molecule has 1 fully saturated rings. The van der Waals surface area contributed by atoms with Crippen molar-refractivity contribution < 1.29 is 44.3 Å². The van der Waals surface area contributed by atoms with E-state index in [-0.39, 0.29) is 41.5 Å². The maximum Gasteiger partial charge on any atom is 1.00 e. The molecule has 3 atom stereocenters. The van der Waals surface area contributed by atoms with Gasteiger partial charge in [-0.2, -0.15) is 0 Å². The molecule has 1 aromatic heterocycles. The molecule has 0 radical (unpaired) electrons. The number of aryl methyl sites for hydroxylation is 1. The van der Waals surface area contributed by atoms with Gasteiger partial charge in [-0.05, 0) is 12.0 Å². The fourth-order valence-electron chi connectivity index (χ4n) is 2.74. The Bertz CT molecular complexity index is 717. The van der Waals surface area contributed by atoms with Crippen molar-refractivity contribution in [1.29, 1.82) is 0 Å². The number of aromatic nitrogens is 2. The zero-order chi connectivity index (χ0) is 16.4. The Morgan fingerprint density at radius 2 is 2.04 bits per heavy atom. The standard InChI is InChI=1S/C17H19N3O3.Na/c1-20-8-7-18-15(20)10-14(11-5-3-2-4-6-11)19-16(21)12-9-13(12)17(22)23;/h2-8,12-14H,9-10H2,1H3,(H,19,21)(H,22,23);/q;+1/p-1/t12-,13+,14?;/m1./s1. The Hall–Kier alpha value is -1.63. The minimum absolute atomic E-state index is 0. The first-order valence-corrected chi connectivity index (χ1v) is 7.58. The van der Waals surface area contributed by atoms with Crippen LogP contribution in [0.4, 0.5) is 0 Å². The van der Waals surface area contributed by atoms with Crippen molar-refractivity contribution in [3.8, 4) is 0 Å². The van der Waals surface area contributed by atoms with Crippen LogP contribution in [0, 0.1) is 11.8 Å². The van der Waals surface area contributed by atoms with Gasteiger partial charge in [0, 0.05) is 43.7 Å². The average molecular weight is 335 g/mol. The molecule has 120 valence electrons. The van der Waals surface area contributed by atoms with Gasteiger partial charge in [-0.1, -0.05) is 30.3 Å². The summed E-state index contributed by atoms with van der Waals surface area (Å²) in [5.74, 6) is -1.66. The summed E-state index contributed by atoms with van der Waals surface area (Å²) in [4.78, 5) is 27.4. The number of aliphatic carboxylic acids is 1. The van der Waals surface area contributed by atoms with Crippen LogP contribution in [0.3, 0.4) is 0 Å². The molecular weight excluding hydrogens is 317 g/mol. The smallest absolute Gasteiger partial charge is 0.550 e. The number of hydrogen-bond acceptors (Lipinski definition) is 4. The minimum Gasteiger partial charge on any atom is -0.550 e. The van der Waals surface area contributed by atoms with Crippen LogP contribution < -0.4 is 40.0 Å². The van der Waals surface area contributed by atoms with Crippen LogP contribution in [0.2, 0.25) is 0 Å². The van der Waals surface area contributed by atoms with Gasteiger partial charge >= 0.3 is 29.6 Å². The van der Waals surface area contributed by atoms with E-state index >= 15 is 0 Å². The zero-order valence-electron chi connectivity index (χ0n) is 13.8. The Kier molecular flexibility index (Phi) is 6.21. The molecule has 0 bridgehead atoms. The molecule has 1 amide bonds. The molecule has 3 rings (SSSR count). The van der Waals surface area contributed by atoms with Gasteiger partial charge in [-0.3, -0.25) is 4.79 Å². The number of amides is 1. The number of nitrogens with one attached hydrogen (secondary N) is 1. The number of nitrogens with zero attached hydrogens (tertiary/aromatic N) is 2. The number of rotatable bonds is 6. The Labute approximate surface area is 162 Å². The maximum atomic E-state index is 12.3. The number of carboxylic acids is 1. The second-order valence-corrected chi connectivity index (χ2v) is 5.90. The van der Waals surface area contributed by atoms with Crippen LogP contribution >= 0.6 is 0 Å². The molecule has 1 saturated carbocycles. The first kappa shape index (κ1) is 18.7. The van der Waals surface area contributed by atoms with E-state index in [0.29, 0.717) is 12.8 Å². The number of imidazole rings is 1. The van der Waals surface area contributed by atoms with E-state index in [1.165, 1.54) is 0 Å². The summed E-state index contributed by atoms with van der Waals surface area (Å²) < 4.78 is 1.91. The summed E-state index contributed by atoms with van der Waals surface area (Å²) in [7, 11) is 1.90. The number of carbonyl (C=O) groups is 2. The summed E-state index contributed by atoms with van der Waals surface area (Å²) in [5.41, 5.74) is 0.967. The number of hydrogen-bond donors (Lipinski definition) is 1. The fraction of sp³-hybridized carbons (Fsp3) is 0.353. The molecule has 1 aliphatic carbocycles. The number of carbonyl (C=O) groups excluding carboxylic acids is 2. The first-order chi connectivity index (χ1) is 11.1. The normalized spacial score (nSPS) is 19.9. The molecule has 1 N–H and O–H groups in total. The SMILES string of the molecule is Cn1ccnc1CC(NC(=O)[C@@H]1C[C@@H]1C(=O)[O-])c1ccccc1.[Na+]. The van der Waals surface area contributed by atoms with E-state index in [9.17, 15) is 14.7 Å². The van der Waals surface area contributed by atoms with Gasteiger partial charge in [-0.25, -0.2) is 4.98 Å². The Morgan fingerprint density at radius 3 is 2.58 bits per heavy atom. The average Bonchev–Trinajstić information content (AvgIpc) is 3.26. The van der Waals surface area contributed by atoms with Gasteiger partial charge in [0.05, 0.1) is 6.04 Å². The van der Waals surface area contributed by atoms with Gasteiger partial charge in [0.15, 0.2) is 0 Å². The number of carboxylic acid groups (broad SMARTS) is 1. The summed E-state index contributed by atoms with van der Waals surface area (Å²) >= 11 is 0. The van der Waals surface area contributed by atoms with E-state index < -0.39 is 17.8 Å². The molecule has 1 heterocycles. The van der Waals surface area contributed by atoms with Crippen molar-refractivity contribution in [1.82, 2.24) is 14.9 Å². The molecular formula is C17H18N3NaO3. The van der Waals surface area contributed by atoms with Gasteiger partial charge in [0.2, 0.25) is 5.91 Å². The molecule has 7 heteroatoms. The third-order valence-electron chi connectivity index (χ3n) is 4.26. The van der Waals surface area contributed by atoms with Crippen molar-refractivity contribution in [3.63, 3.8) is 0 Å². The van der Waals surface area contributed by atoms with Gasteiger partial charge in [-0.15, -0.1) is 0 Å². The summed E-state index contributed by atoms with van der Waals surface area (Å²) in [5, 5.41) is 13.8. The third kappa shape index (κ3) is 4.26. The second kappa shape index (κ2) is 7.96. The van der Waals surface area contributed by atoms with Crippen LogP contribution in [0.1, 0.15) is 23.9 Å². The van der Waals surface area contributed by atoms with Crippen molar-refractivity contribution >= 4 is 11.9 Å². The topological polar surface area (TPSA) is 87.0 Å². The molecule has 0 aliphatic heterocycles. The van der Waals surface area contributed by atoms with Crippen LogP contribution in [0.15, 0.2) is 42.7 Å². The van der Waals surface area contributed by atoms with Gasteiger partial charge in [0.1, 0.15) is 5.82 Å². The zero-order valence-corrected chi connectivity index (χ0v) is 15.8. The fourth-order valence-corrected chi connectivity index (χ4v) is 2.74. The van der Waals surface area contributed by atoms with Crippen molar-refractivity contribution in [2.75, 3.05) is 0 Å². The van der Waals surface area contributed by atoms with Crippen molar-refractivity contribution in [2.24, 2.45) is 18.9 Å². The molecule has 2 aromatic rings. The van der Waals surface area contributed by atoms with Crippen LogP contribution in [-0.2, 0) is 23.1 Å². The molecule has 0 saturated heterocycles. The van der Waals surface area contributed by atoms with Gasteiger partial charge in [0.25, 0.3) is 0 Å². The minimum atomic E-state index is -1.15. The van der Waals surface area contributed by atoms with Crippen LogP contribution in [0.5, 0.6) is 0 Å². The molecule has 24 heavy (non-hydrogen) atoms. The Balaban J connectivity index is 0.00000208. The predicted molar refractivity (Wildman–Crippen MR) is 80.8 cm³/mol. The van der Waals surface area contributed by atoms with Crippen LogP contribution in [-0.4, -0.2) is 21.4 Å². The van der Waals surface area contributed by atoms with Crippen LogP contribution in [0.25, 0.3) is 0 Å². The molecule has 1 unspecified atom stereocenters. The van der Waals surface area contributed by atoms with E-state index in [1.54, 1.807) is 6.20 Å². The molecule has 6 nitrogen and oxygen atoms in total. The first-order valence-electron chi connectivity index (χ1n) is 7.58. The van der Waals surface area contributed by atoms with E-state index in [1.807, 2.05) is 48.1 Å². The van der Waals surface area contributed by atoms with E-state index in [2.05, 4.69) is 10.3 Å². The predicted octanol–water partition coefficient (Wildman–Crippen LogP) is -2.79.